The third-order valence-electron chi connectivity index (χ3n) is 1.68. The molecule has 0 aromatic heterocycles. The van der Waals surface area contributed by atoms with Crippen molar-refractivity contribution in [2.75, 3.05) is 0 Å². The molecule has 0 aliphatic rings. The van der Waals surface area contributed by atoms with Gasteiger partial charge in [0.05, 0.1) is 6.10 Å². The number of allylic oxidation sites excluding steroid dienone is 1. The quantitative estimate of drug-likeness (QED) is 0.484. The number of hydrogen-bond donors (Lipinski definition) is 1. The second-order valence-corrected chi connectivity index (χ2v) is 2.74. The SMILES string of the molecule is CCCC(O)C(C)/C=C/C=O. The van der Waals surface area contributed by atoms with Crippen molar-refractivity contribution in [3.05, 3.63) is 12.2 Å². The zero-order chi connectivity index (χ0) is 8.69. The van der Waals surface area contributed by atoms with Gasteiger partial charge >= 0.3 is 0 Å². The van der Waals surface area contributed by atoms with E-state index in [0.717, 1.165) is 19.1 Å². The van der Waals surface area contributed by atoms with E-state index in [1.807, 2.05) is 13.8 Å². The summed E-state index contributed by atoms with van der Waals surface area (Å²) >= 11 is 0. The molecule has 2 heteroatoms. The van der Waals surface area contributed by atoms with E-state index < -0.39 is 0 Å². The number of aliphatic hydroxyl groups is 1. The van der Waals surface area contributed by atoms with E-state index in [9.17, 15) is 9.90 Å². The maximum absolute atomic E-state index is 9.92. The first-order valence-electron chi connectivity index (χ1n) is 4.02. The fourth-order valence-electron chi connectivity index (χ4n) is 0.908. The molecule has 2 atom stereocenters. The smallest absolute Gasteiger partial charge is 0.142 e. The van der Waals surface area contributed by atoms with Crippen molar-refractivity contribution >= 4 is 6.29 Å². The largest absolute Gasteiger partial charge is 0.393 e. The van der Waals surface area contributed by atoms with Crippen LogP contribution >= 0.6 is 0 Å². The molecule has 64 valence electrons. The molecule has 0 aliphatic carbocycles. The lowest BCUT2D eigenvalue weighted by Gasteiger charge is -2.13. The van der Waals surface area contributed by atoms with Crippen LogP contribution in [0.1, 0.15) is 26.7 Å². The molecule has 1 N–H and O–H groups in total. The highest BCUT2D eigenvalue weighted by atomic mass is 16.3. The van der Waals surface area contributed by atoms with Gasteiger partial charge in [0.25, 0.3) is 0 Å². The summed E-state index contributed by atoms with van der Waals surface area (Å²) in [6.07, 6.45) is 5.35. The van der Waals surface area contributed by atoms with Crippen LogP contribution in [-0.4, -0.2) is 17.5 Å². The Morgan fingerprint density at radius 2 is 2.18 bits per heavy atom. The van der Waals surface area contributed by atoms with E-state index in [1.165, 1.54) is 6.08 Å². The maximum atomic E-state index is 9.92. The summed E-state index contributed by atoms with van der Waals surface area (Å²) in [5.74, 6) is 0.0835. The standard InChI is InChI=1S/C9H16O2/c1-3-5-9(11)8(2)6-4-7-10/h4,6-9,11H,3,5H2,1-2H3/b6-4+. The predicted octanol–water partition coefficient (Wildman–Crippen LogP) is 1.54. The van der Waals surface area contributed by atoms with Gasteiger partial charge in [-0.3, -0.25) is 4.79 Å². The zero-order valence-electron chi connectivity index (χ0n) is 7.16. The van der Waals surface area contributed by atoms with Crippen molar-refractivity contribution in [2.24, 2.45) is 5.92 Å². The molecular weight excluding hydrogens is 140 g/mol. The average molecular weight is 156 g/mol. The van der Waals surface area contributed by atoms with Gasteiger partial charge in [0.2, 0.25) is 0 Å². The van der Waals surface area contributed by atoms with E-state index >= 15 is 0 Å². The Labute approximate surface area is 67.9 Å². The van der Waals surface area contributed by atoms with Crippen LogP contribution in [0.15, 0.2) is 12.2 Å². The fraction of sp³-hybridized carbons (Fsp3) is 0.667. The molecule has 0 amide bonds. The first-order valence-corrected chi connectivity index (χ1v) is 4.02. The van der Waals surface area contributed by atoms with E-state index in [-0.39, 0.29) is 12.0 Å². The van der Waals surface area contributed by atoms with Crippen molar-refractivity contribution in [2.45, 2.75) is 32.8 Å². The minimum atomic E-state index is -0.309. The molecule has 0 heterocycles. The molecule has 0 saturated carbocycles. The molecule has 11 heavy (non-hydrogen) atoms. The molecule has 0 bridgehead atoms. The van der Waals surface area contributed by atoms with Crippen molar-refractivity contribution < 1.29 is 9.90 Å². The zero-order valence-corrected chi connectivity index (χ0v) is 7.16. The Bertz CT molecular complexity index is 130. The Hall–Kier alpha value is -0.630. The van der Waals surface area contributed by atoms with Crippen LogP contribution in [-0.2, 0) is 4.79 Å². The molecule has 0 spiro atoms. The van der Waals surface area contributed by atoms with E-state index in [4.69, 9.17) is 0 Å². The molecule has 0 fully saturated rings. The number of carbonyl (C=O) groups excluding carboxylic acids is 1. The van der Waals surface area contributed by atoms with Crippen LogP contribution in [0.5, 0.6) is 0 Å². The fourth-order valence-corrected chi connectivity index (χ4v) is 0.908. The lowest BCUT2D eigenvalue weighted by Crippen LogP contribution is -2.14. The summed E-state index contributed by atoms with van der Waals surface area (Å²) in [6, 6.07) is 0. The van der Waals surface area contributed by atoms with Gasteiger partial charge in [-0.15, -0.1) is 0 Å². The molecule has 0 aromatic carbocycles. The molecule has 0 aromatic rings. The van der Waals surface area contributed by atoms with Crippen molar-refractivity contribution in [3.8, 4) is 0 Å². The Morgan fingerprint density at radius 1 is 1.55 bits per heavy atom. The molecule has 2 nitrogen and oxygen atoms in total. The van der Waals surface area contributed by atoms with Crippen LogP contribution in [0.4, 0.5) is 0 Å². The molecular formula is C9H16O2. The predicted molar refractivity (Wildman–Crippen MR) is 45.3 cm³/mol. The highest BCUT2D eigenvalue weighted by molar-refractivity contribution is 5.64. The van der Waals surface area contributed by atoms with Gasteiger partial charge in [0.15, 0.2) is 0 Å². The molecule has 0 saturated heterocycles. The number of hydrogen-bond acceptors (Lipinski definition) is 2. The van der Waals surface area contributed by atoms with E-state index in [2.05, 4.69) is 0 Å². The second-order valence-electron chi connectivity index (χ2n) is 2.74. The molecule has 2 unspecified atom stereocenters. The van der Waals surface area contributed by atoms with Crippen LogP contribution < -0.4 is 0 Å². The summed E-state index contributed by atoms with van der Waals surface area (Å²) in [4.78, 5) is 9.92. The Balaban J connectivity index is 3.71. The normalized spacial score (nSPS) is 16.6. The highest BCUT2D eigenvalue weighted by Crippen LogP contribution is 2.09. The van der Waals surface area contributed by atoms with Gasteiger partial charge in [-0.1, -0.05) is 26.3 Å². The first kappa shape index (κ1) is 10.4. The number of aldehydes is 1. The topological polar surface area (TPSA) is 37.3 Å². The summed E-state index contributed by atoms with van der Waals surface area (Å²) in [6.45, 7) is 3.93. The Kier molecular flexibility index (Phi) is 5.75. The number of aliphatic hydroxyl groups excluding tert-OH is 1. The monoisotopic (exact) mass is 156 g/mol. The maximum Gasteiger partial charge on any atom is 0.142 e. The van der Waals surface area contributed by atoms with E-state index in [1.54, 1.807) is 6.08 Å². The van der Waals surface area contributed by atoms with Gasteiger partial charge in [-0.25, -0.2) is 0 Å². The lowest BCUT2D eigenvalue weighted by molar-refractivity contribution is -0.104. The van der Waals surface area contributed by atoms with Gasteiger partial charge in [0.1, 0.15) is 6.29 Å². The summed E-state index contributed by atoms with van der Waals surface area (Å²) < 4.78 is 0. The van der Waals surface area contributed by atoms with Crippen molar-refractivity contribution in [1.82, 2.24) is 0 Å². The van der Waals surface area contributed by atoms with Gasteiger partial charge < -0.3 is 5.11 Å². The van der Waals surface area contributed by atoms with Gasteiger partial charge in [0, 0.05) is 5.92 Å². The molecule has 0 rings (SSSR count). The second kappa shape index (κ2) is 6.10. The van der Waals surface area contributed by atoms with Gasteiger partial charge in [-0.05, 0) is 12.5 Å². The summed E-state index contributed by atoms with van der Waals surface area (Å²) in [5, 5.41) is 9.38. The van der Waals surface area contributed by atoms with Crippen LogP contribution in [0.25, 0.3) is 0 Å². The van der Waals surface area contributed by atoms with Crippen LogP contribution in [0.3, 0.4) is 0 Å². The average Bonchev–Trinajstić information content (AvgIpc) is 2.00. The van der Waals surface area contributed by atoms with Crippen LogP contribution in [0.2, 0.25) is 0 Å². The van der Waals surface area contributed by atoms with Gasteiger partial charge in [-0.2, -0.15) is 0 Å². The summed E-state index contributed by atoms with van der Waals surface area (Å²) in [5.41, 5.74) is 0. The summed E-state index contributed by atoms with van der Waals surface area (Å²) in [7, 11) is 0. The molecule has 0 radical (unpaired) electrons. The third kappa shape index (κ3) is 4.73. The molecule has 0 aliphatic heterocycles. The minimum Gasteiger partial charge on any atom is -0.393 e. The highest BCUT2D eigenvalue weighted by Gasteiger charge is 2.08. The number of rotatable bonds is 5. The lowest BCUT2D eigenvalue weighted by atomic mass is 10.0. The third-order valence-corrected chi connectivity index (χ3v) is 1.68. The minimum absolute atomic E-state index is 0.0835. The van der Waals surface area contributed by atoms with Crippen molar-refractivity contribution in [1.29, 1.82) is 0 Å². The number of carbonyl (C=O) groups is 1. The Morgan fingerprint density at radius 3 is 2.64 bits per heavy atom. The van der Waals surface area contributed by atoms with E-state index in [0.29, 0.717) is 0 Å². The first-order chi connectivity index (χ1) is 5.22. The van der Waals surface area contributed by atoms with Crippen molar-refractivity contribution in [3.63, 3.8) is 0 Å². The van der Waals surface area contributed by atoms with Crippen LogP contribution in [0, 0.1) is 5.92 Å².